The molecule has 3 heterocycles. The van der Waals surface area contributed by atoms with Crippen LogP contribution in [0.25, 0.3) is 0 Å². The molecule has 6 heteroatoms. The molecule has 1 N–H and O–H groups in total. The van der Waals surface area contributed by atoms with E-state index in [1.807, 2.05) is 17.0 Å². The average molecular weight is 304 g/mol. The summed E-state index contributed by atoms with van der Waals surface area (Å²) >= 11 is 0. The van der Waals surface area contributed by atoms with Gasteiger partial charge >= 0.3 is 5.97 Å². The zero-order valence-corrected chi connectivity index (χ0v) is 13.1. The summed E-state index contributed by atoms with van der Waals surface area (Å²) in [7, 11) is 0. The summed E-state index contributed by atoms with van der Waals surface area (Å²) in [6.45, 7) is 5.77. The molecule has 0 radical (unpaired) electrons. The Balaban J connectivity index is 1.65. The van der Waals surface area contributed by atoms with Crippen molar-refractivity contribution < 1.29 is 9.90 Å². The standard InChI is InChI=1S/C16H24N4O2/c1-12-6-9-19(10-7-12)14-4-5-15(18-17-14)20-8-2-3-13(11-20)16(21)22/h4-5,12-13H,2-3,6-11H2,1H3,(H,21,22)/t13-/m1/s1. The van der Waals surface area contributed by atoms with E-state index >= 15 is 0 Å². The number of carboxylic acid groups (broad SMARTS) is 1. The molecule has 6 nitrogen and oxygen atoms in total. The first-order chi connectivity index (χ1) is 10.6. The van der Waals surface area contributed by atoms with Crippen LogP contribution in [-0.4, -0.2) is 47.5 Å². The highest BCUT2D eigenvalue weighted by Gasteiger charge is 2.26. The Kier molecular flexibility index (Phi) is 4.45. The lowest BCUT2D eigenvalue weighted by atomic mass is 9.98. The molecule has 3 rings (SSSR count). The van der Waals surface area contributed by atoms with Crippen molar-refractivity contribution in [3.63, 3.8) is 0 Å². The van der Waals surface area contributed by atoms with Gasteiger partial charge in [-0.25, -0.2) is 0 Å². The molecule has 0 amide bonds. The van der Waals surface area contributed by atoms with Crippen molar-refractivity contribution in [1.82, 2.24) is 10.2 Å². The van der Waals surface area contributed by atoms with Gasteiger partial charge in [0.05, 0.1) is 5.92 Å². The number of hydrogen-bond acceptors (Lipinski definition) is 5. The fraction of sp³-hybridized carbons (Fsp3) is 0.688. The van der Waals surface area contributed by atoms with Gasteiger partial charge in [0.25, 0.3) is 0 Å². The molecule has 2 saturated heterocycles. The van der Waals surface area contributed by atoms with Crippen LogP contribution < -0.4 is 9.80 Å². The maximum atomic E-state index is 11.1. The van der Waals surface area contributed by atoms with E-state index in [9.17, 15) is 4.79 Å². The lowest BCUT2D eigenvalue weighted by Crippen LogP contribution is -2.39. The summed E-state index contributed by atoms with van der Waals surface area (Å²) in [5.74, 6) is 1.52. The molecule has 2 fully saturated rings. The van der Waals surface area contributed by atoms with Crippen molar-refractivity contribution in [2.75, 3.05) is 36.0 Å². The average Bonchev–Trinajstić information content (AvgIpc) is 2.56. The second-order valence-electron chi connectivity index (χ2n) is 6.54. The largest absolute Gasteiger partial charge is 0.481 e. The molecule has 1 aromatic rings. The second kappa shape index (κ2) is 6.50. The van der Waals surface area contributed by atoms with Gasteiger partial charge in [-0.15, -0.1) is 10.2 Å². The number of carboxylic acids is 1. The predicted octanol–water partition coefficient (Wildman–Crippen LogP) is 2.01. The van der Waals surface area contributed by atoms with Crippen molar-refractivity contribution in [3.05, 3.63) is 12.1 Å². The van der Waals surface area contributed by atoms with E-state index in [2.05, 4.69) is 22.0 Å². The quantitative estimate of drug-likeness (QED) is 0.921. The van der Waals surface area contributed by atoms with Crippen LogP contribution in [0, 0.1) is 11.8 Å². The fourth-order valence-corrected chi connectivity index (χ4v) is 3.28. The number of nitrogens with zero attached hydrogens (tertiary/aromatic N) is 4. The third kappa shape index (κ3) is 3.31. The van der Waals surface area contributed by atoms with Crippen LogP contribution in [0.3, 0.4) is 0 Å². The van der Waals surface area contributed by atoms with Crippen molar-refractivity contribution >= 4 is 17.6 Å². The normalized spacial score (nSPS) is 23.6. The zero-order valence-electron chi connectivity index (χ0n) is 13.1. The van der Waals surface area contributed by atoms with Gasteiger partial charge in [0.2, 0.25) is 0 Å². The van der Waals surface area contributed by atoms with Gasteiger partial charge in [0, 0.05) is 26.2 Å². The number of rotatable bonds is 3. The van der Waals surface area contributed by atoms with Crippen molar-refractivity contribution in [2.24, 2.45) is 11.8 Å². The highest BCUT2D eigenvalue weighted by molar-refractivity contribution is 5.71. The molecule has 0 saturated carbocycles. The Hall–Kier alpha value is -1.85. The summed E-state index contributed by atoms with van der Waals surface area (Å²) in [5.41, 5.74) is 0. The van der Waals surface area contributed by atoms with Gasteiger partial charge in [0.1, 0.15) is 0 Å². The maximum Gasteiger partial charge on any atom is 0.308 e. The highest BCUT2D eigenvalue weighted by Crippen LogP contribution is 2.24. The lowest BCUT2D eigenvalue weighted by Gasteiger charge is -2.32. The van der Waals surface area contributed by atoms with E-state index in [1.165, 1.54) is 12.8 Å². The van der Waals surface area contributed by atoms with Crippen molar-refractivity contribution in [3.8, 4) is 0 Å². The maximum absolute atomic E-state index is 11.1. The van der Waals surface area contributed by atoms with Crippen LogP contribution in [0.2, 0.25) is 0 Å². The first-order valence-corrected chi connectivity index (χ1v) is 8.20. The molecule has 2 aliphatic rings. The molecule has 1 atom stereocenters. The van der Waals surface area contributed by atoms with Crippen molar-refractivity contribution in [2.45, 2.75) is 32.6 Å². The summed E-state index contributed by atoms with van der Waals surface area (Å²) in [5, 5.41) is 17.9. The van der Waals surface area contributed by atoms with Crippen LogP contribution in [0.5, 0.6) is 0 Å². The van der Waals surface area contributed by atoms with Gasteiger partial charge in [-0.3, -0.25) is 4.79 Å². The molecule has 2 aliphatic heterocycles. The Labute approximate surface area is 131 Å². The molecule has 0 bridgehead atoms. The molecule has 0 unspecified atom stereocenters. The minimum absolute atomic E-state index is 0.293. The van der Waals surface area contributed by atoms with E-state index in [1.54, 1.807) is 0 Å². The third-order valence-corrected chi connectivity index (χ3v) is 4.84. The van der Waals surface area contributed by atoms with Gasteiger partial charge in [-0.2, -0.15) is 0 Å². The van der Waals surface area contributed by atoms with E-state index in [0.717, 1.165) is 50.0 Å². The molecule has 0 aliphatic carbocycles. The van der Waals surface area contributed by atoms with Gasteiger partial charge in [0.15, 0.2) is 11.6 Å². The molecule has 120 valence electrons. The number of anilines is 2. The summed E-state index contributed by atoms with van der Waals surface area (Å²) in [4.78, 5) is 15.5. The first kappa shape index (κ1) is 15.1. The molecular formula is C16H24N4O2. The predicted molar refractivity (Wildman–Crippen MR) is 85.2 cm³/mol. The first-order valence-electron chi connectivity index (χ1n) is 8.20. The fourth-order valence-electron chi connectivity index (χ4n) is 3.28. The molecule has 0 spiro atoms. The summed E-state index contributed by atoms with van der Waals surface area (Å²) in [6, 6.07) is 3.99. The smallest absolute Gasteiger partial charge is 0.308 e. The third-order valence-electron chi connectivity index (χ3n) is 4.84. The Morgan fingerprint density at radius 1 is 1.09 bits per heavy atom. The number of hydrogen-bond donors (Lipinski definition) is 1. The van der Waals surface area contributed by atoms with Crippen LogP contribution in [0.4, 0.5) is 11.6 Å². The monoisotopic (exact) mass is 304 g/mol. The number of aliphatic carboxylic acids is 1. The number of piperidine rings is 2. The number of aromatic nitrogens is 2. The summed E-state index contributed by atoms with van der Waals surface area (Å²) in [6.07, 6.45) is 4.05. The Morgan fingerprint density at radius 2 is 1.73 bits per heavy atom. The Morgan fingerprint density at radius 3 is 2.32 bits per heavy atom. The van der Waals surface area contributed by atoms with Crippen molar-refractivity contribution in [1.29, 1.82) is 0 Å². The summed E-state index contributed by atoms with van der Waals surface area (Å²) < 4.78 is 0. The van der Waals surface area contributed by atoms with Crippen LogP contribution in [0.15, 0.2) is 12.1 Å². The molecule has 22 heavy (non-hydrogen) atoms. The Bertz CT molecular complexity index is 511. The van der Waals surface area contributed by atoms with E-state index in [-0.39, 0.29) is 5.92 Å². The van der Waals surface area contributed by atoms with Crippen LogP contribution in [0.1, 0.15) is 32.6 Å². The van der Waals surface area contributed by atoms with Crippen LogP contribution >= 0.6 is 0 Å². The topological polar surface area (TPSA) is 69.6 Å². The van der Waals surface area contributed by atoms with E-state index < -0.39 is 5.97 Å². The highest BCUT2D eigenvalue weighted by atomic mass is 16.4. The van der Waals surface area contributed by atoms with Gasteiger partial charge in [-0.1, -0.05) is 6.92 Å². The molecular weight excluding hydrogens is 280 g/mol. The lowest BCUT2D eigenvalue weighted by molar-refractivity contribution is -0.141. The van der Waals surface area contributed by atoms with Gasteiger partial charge < -0.3 is 14.9 Å². The second-order valence-corrected chi connectivity index (χ2v) is 6.54. The molecule has 0 aromatic carbocycles. The molecule has 1 aromatic heterocycles. The van der Waals surface area contributed by atoms with Gasteiger partial charge in [-0.05, 0) is 43.7 Å². The minimum atomic E-state index is -0.711. The van der Waals surface area contributed by atoms with E-state index in [4.69, 9.17) is 5.11 Å². The minimum Gasteiger partial charge on any atom is -0.481 e. The SMILES string of the molecule is CC1CCN(c2ccc(N3CCC[C@@H](C(=O)O)C3)nn2)CC1. The number of carbonyl (C=O) groups is 1. The van der Waals surface area contributed by atoms with Crippen LogP contribution in [-0.2, 0) is 4.79 Å². The van der Waals surface area contributed by atoms with E-state index in [0.29, 0.717) is 6.54 Å². The zero-order chi connectivity index (χ0) is 15.5.